The van der Waals surface area contributed by atoms with Gasteiger partial charge in [0.25, 0.3) is 0 Å². The maximum Gasteiger partial charge on any atom is 0.110 e. The quantitative estimate of drug-likeness (QED) is 0.859. The van der Waals surface area contributed by atoms with Crippen molar-refractivity contribution in [2.24, 2.45) is 0 Å². The Morgan fingerprint density at radius 2 is 2.44 bits per heavy atom. The fraction of sp³-hybridized carbons (Fsp3) is 0.786. The van der Waals surface area contributed by atoms with Crippen LogP contribution in [0.25, 0.3) is 0 Å². The largest absolute Gasteiger partial charge is 0.335 e. The second-order valence-corrected chi connectivity index (χ2v) is 6.39. The molecule has 2 unspecified atom stereocenters. The van der Waals surface area contributed by atoms with Crippen LogP contribution in [0.3, 0.4) is 0 Å². The molecule has 2 heterocycles. The molecule has 1 aliphatic rings. The fourth-order valence-electron chi connectivity index (χ4n) is 2.67. The Bertz CT molecular complexity index is 345. The van der Waals surface area contributed by atoms with Gasteiger partial charge in [0, 0.05) is 36.7 Å². The first-order valence-electron chi connectivity index (χ1n) is 7.14. The zero-order valence-corrected chi connectivity index (χ0v) is 12.4. The molecule has 0 aliphatic carbocycles. The van der Waals surface area contributed by atoms with E-state index in [4.69, 9.17) is 0 Å². The Labute approximate surface area is 115 Å². The number of aryl methyl sites for hydroxylation is 1. The molecule has 18 heavy (non-hydrogen) atoms. The highest BCUT2D eigenvalue weighted by Gasteiger charge is 2.24. The average Bonchev–Trinajstić information content (AvgIpc) is 2.85. The molecular formula is C14H25N3S. The maximum atomic E-state index is 4.53. The van der Waals surface area contributed by atoms with Crippen LogP contribution in [0.4, 0.5) is 0 Å². The number of nitrogens with one attached hydrogen (secondary N) is 1. The van der Waals surface area contributed by atoms with Gasteiger partial charge in [0.05, 0.1) is 0 Å². The van der Waals surface area contributed by atoms with Crippen molar-refractivity contribution in [2.75, 3.05) is 12.8 Å². The minimum atomic E-state index is 0.563. The second kappa shape index (κ2) is 7.19. The Hall–Kier alpha value is -0.480. The normalized spacial score (nSPS) is 22.0. The summed E-state index contributed by atoms with van der Waals surface area (Å²) in [6.07, 6.45) is 10.4. The van der Waals surface area contributed by atoms with Crippen LogP contribution in [0.15, 0.2) is 12.4 Å². The Morgan fingerprint density at radius 1 is 1.56 bits per heavy atom. The lowest BCUT2D eigenvalue weighted by Gasteiger charge is -2.29. The molecule has 1 aliphatic heterocycles. The van der Waals surface area contributed by atoms with Crippen LogP contribution >= 0.6 is 11.8 Å². The Balaban J connectivity index is 1.98. The first-order valence-corrected chi connectivity index (χ1v) is 8.19. The predicted molar refractivity (Wildman–Crippen MR) is 79.2 cm³/mol. The standard InChI is InChI=1S/C14H25N3S/c1-3-8-17-9-7-16-14(17)11-12(15-2)13-6-4-5-10-18-13/h7,9,12-13,15H,3-6,8,10-11H2,1-2H3. The molecule has 1 aromatic rings. The first-order chi connectivity index (χ1) is 8.85. The van der Waals surface area contributed by atoms with Crippen LogP contribution in [-0.4, -0.2) is 33.6 Å². The summed E-state index contributed by atoms with van der Waals surface area (Å²) in [4.78, 5) is 4.53. The van der Waals surface area contributed by atoms with Crippen molar-refractivity contribution in [1.82, 2.24) is 14.9 Å². The topological polar surface area (TPSA) is 29.9 Å². The molecule has 0 radical (unpaired) electrons. The Morgan fingerprint density at radius 3 is 3.11 bits per heavy atom. The van der Waals surface area contributed by atoms with Gasteiger partial charge in [-0.05, 0) is 32.1 Å². The van der Waals surface area contributed by atoms with E-state index < -0.39 is 0 Å². The van der Waals surface area contributed by atoms with Crippen molar-refractivity contribution in [3.8, 4) is 0 Å². The summed E-state index contributed by atoms with van der Waals surface area (Å²) in [5.41, 5.74) is 0. The van der Waals surface area contributed by atoms with Gasteiger partial charge in [0.2, 0.25) is 0 Å². The van der Waals surface area contributed by atoms with Gasteiger partial charge in [0.15, 0.2) is 0 Å². The number of hydrogen-bond donors (Lipinski definition) is 1. The smallest absolute Gasteiger partial charge is 0.110 e. The molecule has 1 fully saturated rings. The van der Waals surface area contributed by atoms with Crippen molar-refractivity contribution in [2.45, 2.75) is 56.9 Å². The molecule has 2 atom stereocenters. The SMILES string of the molecule is CCCn1ccnc1CC(NC)C1CCCCS1. The van der Waals surface area contributed by atoms with Crippen LogP contribution in [0, 0.1) is 0 Å². The second-order valence-electron chi connectivity index (χ2n) is 5.04. The summed E-state index contributed by atoms with van der Waals surface area (Å²) in [7, 11) is 2.09. The Kier molecular flexibility index (Phi) is 5.57. The minimum absolute atomic E-state index is 0.563. The van der Waals surface area contributed by atoms with Crippen LogP contribution in [-0.2, 0) is 13.0 Å². The van der Waals surface area contributed by atoms with Gasteiger partial charge in [0.1, 0.15) is 5.82 Å². The highest BCUT2D eigenvalue weighted by atomic mass is 32.2. The molecule has 102 valence electrons. The van der Waals surface area contributed by atoms with Gasteiger partial charge in [-0.25, -0.2) is 4.98 Å². The van der Waals surface area contributed by atoms with Crippen molar-refractivity contribution in [1.29, 1.82) is 0 Å². The number of hydrogen-bond acceptors (Lipinski definition) is 3. The van der Waals surface area contributed by atoms with Crippen molar-refractivity contribution >= 4 is 11.8 Å². The fourth-order valence-corrected chi connectivity index (χ4v) is 4.15. The van der Waals surface area contributed by atoms with E-state index in [0.29, 0.717) is 6.04 Å². The van der Waals surface area contributed by atoms with E-state index in [1.54, 1.807) is 0 Å². The van der Waals surface area contributed by atoms with Gasteiger partial charge in [-0.2, -0.15) is 11.8 Å². The van der Waals surface area contributed by atoms with Gasteiger partial charge in [-0.15, -0.1) is 0 Å². The van der Waals surface area contributed by atoms with E-state index in [-0.39, 0.29) is 0 Å². The third-order valence-electron chi connectivity index (χ3n) is 3.70. The molecule has 0 spiro atoms. The molecule has 0 bridgehead atoms. The third-order valence-corrected chi connectivity index (χ3v) is 5.22. The van der Waals surface area contributed by atoms with Gasteiger partial charge < -0.3 is 9.88 Å². The first kappa shape index (κ1) is 13.9. The van der Waals surface area contributed by atoms with Crippen LogP contribution < -0.4 is 5.32 Å². The molecule has 1 aromatic heterocycles. The lowest BCUT2D eigenvalue weighted by Crippen LogP contribution is -2.39. The predicted octanol–water partition coefficient (Wildman–Crippen LogP) is 2.71. The lowest BCUT2D eigenvalue weighted by molar-refractivity contribution is 0.475. The van der Waals surface area contributed by atoms with E-state index in [2.05, 4.69) is 46.8 Å². The number of nitrogens with zero attached hydrogens (tertiary/aromatic N) is 2. The van der Waals surface area contributed by atoms with Crippen LogP contribution in [0.5, 0.6) is 0 Å². The van der Waals surface area contributed by atoms with E-state index in [9.17, 15) is 0 Å². The molecule has 0 saturated carbocycles. The summed E-state index contributed by atoms with van der Waals surface area (Å²) in [6, 6.07) is 0.563. The highest BCUT2D eigenvalue weighted by molar-refractivity contribution is 8.00. The van der Waals surface area contributed by atoms with Crippen molar-refractivity contribution in [3.63, 3.8) is 0 Å². The van der Waals surface area contributed by atoms with Gasteiger partial charge in [-0.1, -0.05) is 13.3 Å². The average molecular weight is 267 g/mol. The molecule has 3 nitrogen and oxygen atoms in total. The number of aromatic nitrogens is 2. The van der Waals surface area contributed by atoms with Crippen molar-refractivity contribution in [3.05, 3.63) is 18.2 Å². The molecule has 1 saturated heterocycles. The number of likely N-dealkylation sites (N-methyl/N-ethyl adjacent to an activating group) is 1. The molecule has 0 amide bonds. The molecule has 4 heteroatoms. The van der Waals surface area contributed by atoms with Crippen LogP contribution in [0.1, 0.15) is 38.4 Å². The molecule has 1 N–H and O–H groups in total. The zero-order valence-electron chi connectivity index (χ0n) is 11.6. The number of thioether (sulfide) groups is 1. The van der Waals surface area contributed by atoms with Crippen LogP contribution in [0.2, 0.25) is 0 Å². The van der Waals surface area contributed by atoms with Gasteiger partial charge >= 0.3 is 0 Å². The number of imidazole rings is 1. The monoisotopic (exact) mass is 267 g/mol. The third kappa shape index (κ3) is 3.51. The van der Waals surface area contributed by atoms with E-state index in [1.165, 1.54) is 37.3 Å². The highest BCUT2D eigenvalue weighted by Crippen LogP contribution is 2.28. The summed E-state index contributed by atoms with van der Waals surface area (Å²) in [6.45, 7) is 3.31. The van der Waals surface area contributed by atoms with Crippen molar-refractivity contribution < 1.29 is 0 Å². The van der Waals surface area contributed by atoms with E-state index in [1.807, 2.05) is 6.20 Å². The zero-order chi connectivity index (χ0) is 12.8. The van der Waals surface area contributed by atoms with E-state index in [0.717, 1.165) is 18.2 Å². The minimum Gasteiger partial charge on any atom is -0.335 e. The summed E-state index contributed by atoms with van der Waals surface area (Å²) in [5.74, 6) is 2.56. The summed E-state index contributed by atoms with van der Waals surface area (Å²) in [5, 5.41) is 4.26. The maximum absolute atomic E-state index is 4.53. The van der Waals surface area contributed by atoms with Gasteiger partial charge in [-0.3, -0.25) is 0 Å². The van der Waals surface area contributed by atoms with E-state index >= 15 is 0 Å². The summed E-state index contributed by atoms with van der Waals surface area (Å²) >= 11 is 2.14. The molecular weight excluding hydrogens is 242 g/mol. The molecule has 0 aromatic carbocycles. The lowest BCUT2D eigenvalue weighted by atomic mass is 10.0. The molecule has 2 rings (SSSR count). The summed E-state index contributed by atoms with van der Waals surface area (Å²) < 4.78 is 2.30. The number of rotatable bonds is 6.